The topological polar surface area (TPSA) is 96.3 Å². The Hall–Kier alpha value is -3.48. The minimum Gasteiger partial charge on any atom is -0.507 e. The van der Waals surface area contributed by atoms with E-state index in [2.05, 4.69) is 6.92 Å². The van der Waals surface area contributed by atoms with Gasteiger partial charge in [0.15, 0.2) is 11.5 Å². The van der Waals surface area contributed by atoms with Crippen molar-refractivity contribution in [3.8, 4) is 17.2 Å². The van der Waals surface area contributed by atoms with Crippen LogP contribution in [0.15, 0.2) is 42.0 Å². The Morgan fingerprint density at radius 1 is 1.03 bits per heavy atom. The molecule has 2 aromatic rings. The highest BCUT2D eigenvalue weighted by molar-refractivity contribution is 6.46. The number of aryl methyl sites for hydroxylation is 1. The van der Waals surface area contributed by atoms with Gasteiger partial charge in [-0.2, -0.15) is 0 Å². The standard InChI is InChI=1S/C25H29NO6/c1-5-6-7-12-26-22(16-8-11-20(32-4)18(27)14-16)21(24(29)25(26)30)23(28)17-9-10-19(31-3)15(2)13-17/h8-11,13-14,22,27-28H,5-7,12H2,1-4H3/b23-21-. The second kappa shape index (κ2) is 9.77. The monoisotopic (exact) mass is 439 g/mol. The number of unbranched alkanes of at least 4 members (excludes halogenated alkanes) is 2. The zero-order valence-electron chi connectivity index (χ0n) is 18.8. The number of carbonyl (C=O) groups is 2. The normalized spacial score (nSPS) is 17.6. The largest absolute Gasteiger partial charge is 0.507 e. The first-order chi connectivity index (χ1) is 15.3. The van der Waals surface area contributed by atoms with E-state index in [1.54, 1.807) is 37.4 Å². The van der Waals surface area contributed by atoms with Crippen molar-refractivity contribution in [2.24, 2.45) is 0 Å². The van der Waals surface area contributed by atoms with Gasteiger partial charge >= 0.3 is 0 Å². The van der Waals surface area contributed by atoms with Crippen LogP contribution >= 0.6 is 0 Å². The van der Waals surface area contributed by atoms with E-state index in [1.165, 1.54) is 18.1 Å². The lowest BCUT2D eigenvalue weighted by atomic mass is 9.94. The highest BCUT2D eigenvalue weighted by Crippen LogP contribution is 2.42. The first kappa shape index (κ1) is 23.2. The van der Waals surface area contributed by atoms with Gasteiger partial charge in [0.25, 0.3) is 11.7 Å². The number of nitrogens with zero attached hydrogens (tertiary/aromatic N) is 1. The third kappa shape index (κ3) is 4.28. The van der Waals surface area contributed by atoms with Gasteiger partial charge in [0, 0.05) is 12.1 Å². The molecule has 0 aromatic heterocycles. The van der Waals surface area contributed by atoms with E-state index in [0.29, 0.717) is 23.4 Å². The average Bonchev–Trinajstić information content (AvgIpc) is 3.03. The third-order valence-electron chi connectivity index (χ3n) is 5.73. The van der Waals surface area contributed by atoms with Crippen LogP contribution in [0.1, 0.15) is 48.9 Å². The van der Waals surface area contributed by atoms with Gasteiger partial charge in [0.1, 0.15) is 11.5 Å². The molecule has 1 aliphatic rings. The van der Waals surface area contributed by atoms with Crippen LogP contribution in [0.3, 0.4) is 0 Å². The highest BCUT2D eigenvalue weighted by Gasteiger charge is 2.46. The maximum atomic E-state index is 13.0. The van der Waals surface area contributed by atoms with Gasteiger partial charge in [-0.05, 0) is 54.8 Å². The van der Waals surface area contributed by atoms with Gasteiger partial charge in [-0.1, -0.05) is 25.8 Å². The highest BCUT2D eigenvalue weighted by atomic mass is 16.5. The summed E-state index contributed by atoms with van der Waals surface area (Å²) in [4.78, 5) is 27.4. The molecule has 1 heterocycles. The van der Waals surface area contributed by atoms with E-state index in [-0.39, 0.29) is 22.8 Å². The molecule has 32 heavy (non-hydrogen) atoms. The molecule has 0 bridgehead atoms. The first-order valence-corrected chi connectivity index (χ1v) is 10.6. The molecular weight excluding hydrogens is 410 g/mol. The molecule has 1 saturated heterocycles. The summed E-state index contributed by atoms with van der Waals surface area (Å²) in [6.45, 7) is 4.26. The summed E-state index contributed by atoms with van der Waals surface area (Å²) in [7, 11) is 3.00. The van der Waals surface area contributed by atoms with E-state index in [9.17, 15) is 19.8 Å². The minimum atomic E-state index is -0.814. The maximum Gasteiger partial charge on any atom is 0.295 e. The summed E-state index contributed by atoms with van der Waals surface area (Å²) in [6.07, 6.45) is 2.59. The quantitative estimate of drug-likeness (QED) is 0.275. The average molecular weight is 440 g/mol. The van der Waals surface area contributed by atoms with Crippen molar-refractivity contribution in [1.82, 2.24) is 4.90 Å². The van der Waals surface area contributed by atoms with E-state index in [0.717, 1.165) is 24.8 Å². The zero-order valence-corrected chi connectivity index (χ0v) is 18.8. The van der Waals surface area contributed by atoms with Crippen LogP contribution in [0.5, 0.6) is 17.2 Å². The maximum absolute atomic E-state index is 13.0. The Morgan fingerprint density at radius 2 is 1.72 bits per heavy atom. The number of Topliss-reactive ketones (excluding diaryl/α,β-unsaturated/α-hetero) is 1. The molecule has 0 saturated carbocycles. The van der Waals surface area contributed by atoms with Gasteiger partial charge in [-0.3, -0.25) is 9.59 Å². The Kier molecular flexibility index (Phi) is 7.08. The molecule has 3 rings (SSSR count). The fourth-order valence-electron chi connectivity index (χ4n) is 4.05. The zero-order chi connectivity index (χ0) is 23.4. The number of methoxy groups -OCH3 is 2. The van der Waals surface area contributed by atoms with Crippen LogP contribution in [-0.2, 0) is 9.59 Å². The summed E-state index contributed by atoms with van der Waals surface area (Å²) in [5.74, 6) is -0.835. The second-order valence-electron chi connectivity index (χ2n) is 7.82. The number of benzene rings is 2. The van der Waals surface area contributed by atoms with Gasteiger partial charge < -0.3 is 24.6 Å². The molecule has 0 radical (unpaired) electrons. The number of ketones is 1. The number of phenols is 1. The summed E-state index contributed by atoms with van der Waals surface area (Å²) in [5, 5.41) is 21.5. The Labute approximate surface area is 187 Å². The second-order valence-corrected chi connectivity index (χ2v) is 7.82. The molecule has 1 unspecified atom stereocenters. The number of phenolic OH excluding ortho intramolecular Hbond substituents is 1. The lowest BCUT2D eigenvalue weighted by Gasteiger charge is -2.25. The summed E-state index contributed by atoms with van der Waals surface area (Å²) < 4.78 is 10.4. The predicted molar refractivity (Wildman–Crippen MR) is 121 cm³/mol. The molecule has 2 aromatic carbocycles. The van der Waals surface area contributed by atoms with Crippen molar-refractivity contribution in [2.45, 2.75) is 39.2 Å². The Bertz CT molecular complexity index is 1060. The lowest BCUT2D eigenvalue weighted by Crippen LogP contribution is -2.30. The molecule has 1 amide bonds. The van der Waals surface area contributed by atoms with Crippen molar-refractivity contribution in [2.75, 3.05) is 20.8 Å². The molecular formula is C25H29NO6. The van der Waals surface area contributed by atoms with E-state index in [4.69, 9.17) is 9.47 Å². The number of aliphatic hydroxyl groups is 1. The number of aliphatic hydroxyl groups excluding tert-OH is 1. The smallest absolute Gasteiger partial charge is 0.295 e. The van der Waals surface area contributed by atoms with Crippen LogP contribution in [0.4, 0.5) is 0 Å². The number of hydrogen-bond acceptors (Lipinski definition) is 6. The molecule has 2 N–H and O–H groups in total. The number of ether oxygens (including phenoxy) is 2. The van der Waals surface area contributed by atoms with Crippen LogP contribution < -0.4 is 9.47 Å². The van der Waals surface area contributed by atoms with E-state index >= 15 is 0 Å². The van der Waals surface area contributed by atoms with Crippen molar-refractivity contribution < 1.29 is 29.3 Å². The summed E-state index contributed by atoms with van der Waals surface area (Å²) >= 11 is 0. The van der Waals surface area contributed by atoms with E-state index in [1.807, 2.05) is 6.92 Å². The predicted octanol–water partition coefficient (Wildman–Crippen LogP) is 4.33. The van der Waals surface area contributed by atoms with E-state index < -0.39 is 17.7 Å². The molecule has 1 atom stereocenters. The molecule has 0 spiro atoms. The minimum absolute atomic E-state index is 0.000585. The summed E-state index contributed by atoms with van der Waals surface area (Å²) in [6, 6.07) is 8.98. The van der Waals surface area contributed by atoms with Gasteiger partial charge in [-0.15, -0.1) is 0 Å². The first-order valence-electron chi connectivity index (χ1n) is 10.6. The number of aromatic hydroxyl groups is 1. The fraction of sp³-hybridized carbons (Fsp3) is 0.360. The third-order valence-corrected chi connectivity index (χ3v) is 5.73. The van der Waals surface area contributed by atoms with Gasteiger partial charge in [0.05, 0.1) is 25.8 Å². The number of rotatable bonds is 8. The van der Waals surface area contributed by atoms with Crippen molar-refractivity contribution in [1.29, 1.82) is 0 Å². The Morgan fingerprint density at radius 3 is 2.31 bits per heavy atom. The van der Waals surface area contributed by atoms with Crippen LogP contribution in [0.25, 0.3) is 5.76 Å². The number of hydrogen-bond donors (Lipinski definition) is 2. The number of likely N-dealkylation sites (tertiary alicyclic amines) is 1. The summed E-state index contributed by atoms with van der Waals surface area (Å²) in [5.41, 5.74) is 1.72. The SMILES string of the molecule is CCCCCN1C(=O)C(=O)/C(=C(\O)c2ccc(OC)c(C)c2)C1c1ccc(OC)c(O)c1. The van der Waals surface area contributed by atoms with Crippen LogP contribution in [-0.4, -0.2) is 47.6 Å². The molecule has 0 aliphatic carbocycles. The van der Waals surface area contributed by atoms with Gasteiger partial charge in [-0.25, -0.2) is 0 Å². The molecule has 7 nitrogen and oxygen atoms in total. The number of amides is 1. The lowest BCUT2D eigenvalue weighted by molar-refractivity contribution is -0.139. The van der Waals surface area contributed by atoms with Crippen LogP contribution in [0, 0.1) is 6.92 Å². The van der Waals surface area contributed by atoms with Crippen molar-refractivity contribution in [3.05, 3.63) is 58.7 Å². The fourth-order valence-corrected chi connectivity index (χ4v) is 4.05. The van der Waals surface area contributed by atoms with Crippen molar-refractivity contribution >= 4 is 17.4 Å². The molecule has 170 valence electrons. The van der Waals surface area contributed by atoms with Crippen LogP contribution in [0.2, 0.25) is 0 Å². The number of carbonyl (C=O) groups excluding carboxylic acids is 2. The molecule has 1 fully saturated rings. The molecule has 7 heteroatoms. The van der Waals surface area contributed by atoms with Gasteiger partial charge in [0.2, 0.25) is 0 Å². The van der Waals surface area contributed by atoms with Crippen molar-refractivity contribution in [3.63, 3.8) is 0 Å². The Balaban J connectivity index is 2.15. The molecule has 1 aliphatic heterocycles.